The Labute approximate surface area is 146 Å². The normalized spacial score (nSPS) is 23.3. The predicted octanol–water partition coefficient (Wildman–Crippen LogP) is 3.09. The number of amides is 3. The second-order valence-electron chi connectivity index (χ2n) is 8.02. The lowest BCUT2D eigenvalue weighted by molar-refractivity contribution is -0.141. The number of urea groups is 1. The standard InChI is InChI=1S/C19H33N3O2/c1-15(2)22(17-7-3-4-8-17)18(23)16-9-13-21(14-10-16)19(24)20-11-5-6-12-20/h15-17H,3-14H2,1-2H3. The molecule has 1 aliphatic carbocycles. The zero-order valence-corrected chi connectivity index (χ0v) is 15.4. The molecule has 1 saturated carbocycles. The molecule has 0 spiro atoms. The fourth-order valence-electron chi connectivity index (χ4n) is 4.68. The highest BCUT2D eigenvalue weighted by atomic mass is 16.2. The van der Waals surface area contributed by atoms with Crippen molar-refractivity contribution in [2.45, 2.75) is 77.3 Å². The third kappa shape index (κ3) is 3.70. The number of carbonyl (C=O) groups excluding carboxylic acids is 2. The number of carbonyl (C=O) groups is 2. The molecule has 5 heteroatoms. The van der Waals surface area contributed by atoms with Crippen molar-refractivity contribution in [3.05, 3.63) is 0 Å². The Morgan fingerprint density at radius 1 is 0.833 bits per heavy atom. The first-order valence-corrected chi connectivity index (χ1v) is 9.94. The molecular weight excluding hydrogens is 302 g/mol. The maximum atomic E-state index is 13.1. The van der Waals surface area contributed by atoms with Gasteiger partial charge in [0.05, 0.1) is 0 Å². The van der Waals surface area contributed by atoms with Crippen molar-refractivity contribution in [2.75, 3.05) is 26.2 Å². The maximum absolute atomic E-state index is 13.1. The Kier molecular flexibility index (Phi) is 5.67. The molecule has 0 aromatic heterocycles. The van der Waals surface area contributed by atoms with Gasteiger partial charge in [0.15, 0.2) is 0 Å². The molecule has 0 radical (unpaired) electrons. The van der Waals surface area contributed by atoms with Crippen molar-refractivity contribution < 1.29 is 9.59 Å². The molecule has 3 amide bonds. The molecule has 2 aliphatic heterocycles. The van der Waals surface area contributed by atoms with Crippen molar-refractivity contribution in [3.63, 3.8) is 0 Å². The van der Waals surface area contributed by atoms with Crippen molar-refractivity contribution in [3.8, 4) is 0 Å². The smallest absolute Gasteiger partial charge is 0.319 e. The van der Waals surface area contributed by atoms with Gasteiger partial charge in [0.1, 0.15) is 0 Å². The van der Waals surface area contributed by atoms with Gasteiger partial charge in [-0.15, -0.1) is 0 Å². The summed E-state index contributed by atoms with van der Waals surface area (Å²) in [5.41, 5.74) is 0. The summed E-state index contributed by atoms with van der Waals surface area (Å²) < 4.78 is 0. The second kappa shape index (κ2) is 7.75. The summed E-state index contributed by atoms with van der Waals surface area (Å²) >= 11 is 0. The summed E-state index contributed by atoms with van der Waals surface area (Å²) in [7, 11) is 0. The lowest BCUT2D eigenvalue weighted by Crippen LogP contribution is -2.51. The lowest BCUT2D eigenvalue weighted by atomic mass is 9.94. The van der Waals surface area contributed by atoms with Crippen molar-refractivity contribution in [1.82, 2.24) is 14.7 Å². The highest BCUT2D eigenvalue weighted by molar-refractivity contribution is 5.80. The van der Waals surface area contributed by atoms with E-state index < -0.39 is 0 Å². The molecule has 136 valence electrons. The highest BCUT2D eigenvalue weighted by Gasteiger charge is 2.36. The predicted molar refractivity (Wildman–Crippen MR) is 94.7 cm³/mol. The van der Waals surface area contributed by atoms with E-state index >= 15 is 0 Å². The van der Waals surface area contributed by atoms with E-state index in [0.717, 1.165) is 64.7 Å². The largest absolute Gasteiger partial charge is 0.337 e. The Morgan fingerprint density at radius 2 is 1.38 bits per heavy atom. The fraction of sp³-hybridized carbons (Fsp3) is 0.895. The first-order valence-electron chi connectivity index (χ1n) is 9.94. The minimum Gasteiger partial charge on any atom is -0.337 e. The van der Waals surface area contributed by atoms with Gasteiger partial charge in [0.2, 0.25) is 5.91 Å². The lowest BCUT2D eigenvalue weighted by Gasteiger charge is -2.39. The molecule has 0 aromatic carbocycles. The SMILES string of the molecule is CC(C)N(C(=O)C1CCN(C(=O)N2CCCC2)CC1)C1CCCC1. The van der Waals surface area contributed by atoms with Gasteiger partial charge in [-0.1, -0.05) is 12.8 Å². The summed E-state index contributed by atoms with van der Waals surface area (Å²) in [4.78, 5) is 31.7. The minimum absolute atomic E-state index is 0.107. The Hall–Kier alpha value is -1.26. The molecule has 2 saturated heterocycles. The molecule has 5 nitrogen and oxygen atoms in total. The molecule has 3 fully saturated rings. The third-order valence-electron chi connectivity index (χ3n) is 6.02. The van der Waals surface area contributed by atoms with Crippen molar-refractivity contribution >= 4 is 11.9 Å². The van der Waals surface area contributed by atoms with Gasteiger partial charge in [-0.2, -0.15) is 0 Å². The van der Waals surface area contributed by atoms with Crippen LogP contribution in [0.1, 0.15) is 65.2 Å². The first kappa shape index (κ1) is 17.6. The van der Waals surface area contributed by atoms with Crippen LogP contribution >= 0.6 is 0 Å². The topological polar surface area (TPSA) is 43.9 Å². The third-order valence-corrected chi connectivity index (χ3v) is 6.02. The molecular formula is C19H33N3O2. The average Bonchev–Trinajstić information content (AvgIpc) is 3.28. The van der Waals surface area contributed by atoms with Gasteiger partial charge in [-0.25, -0.2) is 4.79 Å². The van der Waals surface area contributed by atoms with Crippen LogP contribution in [0.25, 0.3) is 0 Å². The average molecular weight is 335 g/mol. The second-order valence-corrected chi connectivity index (χ2v) is 8.02. The van der Waals surface area contributed by atoms with Crippen LogP contribution in [0.3, 0.4) is 0 Å². The molecule has 0 N–H and O–H groups in total. The molecule has 2 heterocycles. The number of hydrogen-bond donors (Lipinski definition) is 0. The Balaban J connectivity index is 1.54. The van der Waals surface area contributed by atoms with E-state index in [1.807, 2.05) is 9.80 Å². The maximum Gasteiger partial charge on any atom is 0.319 e. The van der Waals surface area contributed by atoms with Crippen molar-refractivity contribution in [2.24, 2.45) is 5.92 Å². The van der Waals surface area contributed by atoms with E-state index in [-0.39, 0.29) is 18.0 Å². The van der Waals surface area contributed by atoms with E-state index in [1.165, 1.54) is 12.8 Å². The number of likely N-dealkylation sites (tertiary alicyclic amines) is 2. The Morgan fingerprint density at radius 3 is 1.92 bits per heavy atom. The van der Waals surface area contributed by atoms with Gasteiger partial charge in [-0.05, 0) is 52.4 Å². The van der Waals surface area contributed by atoms with Crippen LogP contribution < -0.4 is 0 Å². The van der Waals surface area contributed by atoms with Crippen LogP contribution in [-0.4, -0.2) is 64.9 Å². The molecule has 0 bridgehead atoms. The number of hydrogen-bond acceptors (Lipinski definition) is 2. The minimum atomic E-state index is 0.107. The van der Waals surface area contributed by atoms with Gasteiger partial charge < -0.3 is 14.7 Å². The van der Waals surface area contributed by atoms with Gasteiger partial charge in [0, 0.05) is 44.2 Å². The fourth-order valence-corrected chi connectivity index (χ4v) is 4.68. The summed E-state index contributed by atoms with van der Waals surface area (Å²) in [6, 6.07) is 0.918. The van der Waals surface area contributed by atoms with Crippen LogP contribution in [0.15, 0.2) is 0 Å². The van der Waals surface area contributed by atoms with Crippen LogP contribution in [0.2, 0.25) is 0 Å². The molecule has 0 aromatic rings. The van der Waals surface area contributed by atoms with Crippen LogP contribution in [0.4, 0.5) is 4.79 Å². The number of piperidine rings is 1. The van der Waals surface area contributed by atoms with Crippen LogP contribution in [-0.2, 0) is 4.79 Å². The number of rotatable bonds is 3. The zero-order valence-electron chi connectivity index (χ0n) is 15.4. The van der Waals surface area contributed by atoms with Gasteiger partial charge in [0.25, 0.3) is 0 Å². The zero-order chi connectivity index (χ0) is 17.1. The summed E-state index contributed by atoms with van der Waals surface area (Å²) in [6.07, 6.45) is 8.75. The quantitative estimate of drug-likeness (QED) is 0.795. The Bertz CT molecular complexity index is 446. The molecule has 3 rings (SSSR count). The monoisotopic (exact) mass is 335 g/mol. The van der Waals surface area contributed by atoms with E-state index in [4.69, 9.17) is 0 Å². The van der Waals surface area contributed by atoms with E-state index in [2.05, 4.69) is 18.7 Å². The molecule has 0 atom stereocenters. The molecule has 24 heavy (non-hydrogen) atoms. The van der Waals surface area contributed by atoms with Gasteiger partial charge >= 0.3 is 6.03 Å². The summed E-state index contributed by atoms with van der Waals surface area (Å²) in [5.74, 6) is 0.445. The highest BCUT2D eigenvalue weighted by Crippen LogP contribution is 2.29. The van der Waals surface area contributed by atoms with Gasteiger partial charge in [-0.3, -0.25) is 4.79 Å². The van der Waals surface area contributed by atoms with E-state index in [9.17, 15) is 9.59 Å². The molecule has 0 unspecified atom stereocenters. The first-order chi connectivity index (χ1) is 11.6. The molecule has 3 aliphatic rings. The summed E-state index contributed by atoms with van der Waals surface area (Å²) in [6.45, 7) is 7.57. The summed E-state index contributed by atoms with van der Waals surface area (Å²) in [5, 5.41) is 0. The van der Waals surface area contributed by atoms with E-state index in [1.54, 1.807) is 0 Å². The van der Waals surface area contributed by atoms with E-state index in [0.29, 0.717) is 11.9 Å². The van der Waals surface area contributed by atoms with Crippen molar-refractivity contribution in [1.29, 1.82) is 0 Å². The van der Waals surface area contributed by atoms with Crippen LogP contribution in [0, 0.1) is 5.92 Å². The van der Waals surface area contributed by atoms with Crippen LogP contribution in [0.5, 0.6) is 0 Å². The number of nitrogens with zero attached hydrogens (tertiary/aromatic N) is 3.